The highest BCUT2D eigenvalue weighted by atomic mass is 15.0. The molecule has 1 aromatic carbocycles. The second-order valence-electron chi connectivity index (χ2n) is 4.16. The SMILES string of the molecule is CN(C)C/C=C/n1cc(N)c2ccccc21. The standard InChI is InChI=1S/C13H17N3/c1-15(2)8-5-9-16-10-12(14)11-6-3-4-7-13(11)16/h3-7,9-10H,8,14H2,1-2H3/b9-5+. The van der Waals surface area contributed by atoms with Crippen LogP contribution in [0.1, 0.15) is 0 Å². The van der Waals surface area contributed by atoms with Gasteiger partial charge in [0.15, 0.2) is 0 Å². The average Bonchev–Trinajstić information content (AvgIpc) is 2.57. The van der Waals surface area contributed by atoms with Crippen LogP contribution in [0.15, 0.2) is 36.5 Å². The highest BCUT2D eigenvalue weighted by molar-refractivity contribution is 5.93. The highest BCUT2D eigenvalue weighted by Crippen LogP contribution is 2.22. The Morgan fingerprint density at radius 2 is 2.06 bits per heavy atom. The van der Waals surface area contributed by atoms with Crippen LogP contribution in [0.5, 0.6) is 0 Å². The first-order valence-corrected chi connectivity index (χ1v) is 5.35. The number of para-hydroxylation sites is 1. The lowest BCUT2D eigenvalue weighted by Crippen LogP contribution is -2.10. The number of nitrogens with two attached hydrogens (primary N) is 1. The Labute approximate surface area is 95.8 Å². The quantitative estimate of drug-likeness (QED) is 0.852. The van der Waals surface area contributed by atoms with Crippen LogP contribution in [0, 0.1) is 0 Å². The Morgan fingerprint density at radius 1 is 1.31 bits per heavy atom. The van der Waals surface area contributed by atoms with E-state index in [1.165, 1.54) is 0 Å². The molecule has 16 heavy (non-hydrogen) atoms. The molecule has 3 heteroatoms. The molecular formula is C13H17N3. The van der Waals surface area contributed by atoms with Gasteiger partial charge in [-0.25, -0.2) is 0 Å². The van der Waals surface area contributed by atoms with Crippen molar-refractivity contribution in [3.8, 4) is 0 Å². The van der Waals surface area contributed by atoms with Gasteiger partial charge in [-0.3, -0.25) is 0 Å². The summed E-state index contributed by atoms with van der Waals surface area (Å²) in [5.41, 5.74) is 7.92. The van der Waals surface area contributed by atoms with E-state index >= 15 is 0 Å². The third-order valence-corrected chi connectivity index (χ3v) is 2.51. The van der Waals surface area contributed by atoms with Crippen LogP contribution in [0.2, 0.25) is 0 Å². The first-order valence-electron chi connectivity index (χ1n) is 5.35. The maximum atomic E-state index is 5.94. The Bertz CT molecular complexity index is 509. The monoisotopic (exact) mass is 215 g/mol. The van der Waals surface area contributed by atoms with Crippen molar-refractivity contribution in [1.29, 1.82) is 0 Å². The predicted molar refractivity (Wildman–Crippen MR) is 70.2 cm³/mol. The maximum Gasteiger partial charge on any atom is 0.0577 e. The van der Waals surface area contributed by atoms with Gasteiger partial charge in [-0.1, -0.05) is 24.3 Å². The number of fused-ring (bicyclic) bond motifs is 1. The second-order valence-corrected chi connectivity index (χ2v) is 4.16. The number of benzene rings is 1. The molecule has 2 N–H and O–H groups in total. The van der Waals surface area contributed by atoms with Gasteiger partial charge in [0.1, 0.15) is 0 Å². The summed E-state index contributed by atoms with van der Waals surface area (Å²) in [5.74, 6) is 0. The minimum atomic E-state index is 0.824. The van der Waals surface area contributed by atoms with E-state index in [-0.39, 0.29) is 0 Å². The van der Waals surface area contributed by atoms with Gasteiger partial charge in [0.2, 0.25) is 0 Å². The van der Waals surface area contributed by atoms with Crippen molar-refractivity contribution < 1.29 is 0 Å². The van der Waals surface area contributed by atoms with E-state index in [4.69, 9.17) is 5.73 Å². The summed E-state index contributed by atoms with van der Waals surface area (Å²) in [4.78, 5) is 2.12. The molecule has 2 aromatic rings. The molecule has 0 radical (unpaired) electrons. The van der Waals surface area contributed by atoms with Gasteiger partial charge in [-0.2, -0.15) is 0 Å². The number of anilines is 1. The van der Waals surface area contributed by atoms with E-state index < -0.39 is 0 Å². The number of nitrogens with zero attached hydrogens (tertiary/aromatic N) is 2. The van der Waals surface area contributed by atoms with Gasteiger partial charge in [0, 0.05) is 24.3 Å². The number of hydrogen-bond acceptors (Lipinski definition) is 2. The van der Waals surface area contributed by atoms with Gasteiger partial charge in [-0.05, 0) is 20.2 Å². The molecule has 0 unspecified atom stereocenters. The molecule has 0 bridgehead atoms. The molecule has 0 aliphatic heterocycles. The molecule has 0 saturated carbocycles. The number of nitrogen functional groups attached to an aromatic ring is 1. The summed E-state index contributed by atoms with van der Waals surface area (Å²) in [6.07, 6.45) is 6.13. The summed E-state index contributed by atoms with van der Waals surface area (Å²) in [6, 6.07) is 8.15. The molecule has 0 saturated heterocycles. The Balaban J connectivity index is 2.34. The fraction of sp³-hybridized carbons (Fsp3) is 0.231. The van der Waals surface area contributed by atoms with E-state index in [1.807, 2.05) is 38.5 Å². The van der Waals surface area contributed by atoms with Gasteiger partial charge >= 0.3 is 0 Å². The third kappa shape index (κ3) is 2.09. The number of rotatable bonds is 3. The fourth-order valence-corrected chi connectivity index (χ4v) is 1.73. The normalized spacial score (nSPS) is 11.9. The average molecular weight is 215 g/mol. The van der Waals surface area contributed by atoms with Crippen molar-refractivity contribution in [2.24, 2.45) is 0 Å². The van der Waals surface area contributed by atoms with Crippen molar-refractivity contribution in [2.75, 3.05) is 26.4 Å². The fourth-order valence-electron chi connectivity index (χ4n) is 1.73. The summed E-state index contributed by atoms with van der Waals surface area (Å²) >= 11 is 0. The highest BCUT2D eigenvalue weighted by Gasteiger charge is 2.01. The van der Waals surface area contributed by atoms with E-state index in [0.29, 0.717) is 0 Å². The Morgan fingerprint density at radius 3 is 2.81 bits per heavy atom. The second kappa shape index (κ2) is 4.41. The first-order chi connectivity index (χ1) is 7.68. The van der Waals surface area contributed by atoms with Crippen LogP contribution < -0.4 is 5.73 Å². The molecule has 84 valence electrons. The Kier molecular flexibility index (Phi) is 2.97. The molecule has 0 aliphatic rings. The Hall–Kier alpha value is -1.74. The van der Waals surface area contributed by atoms with Crippen molar-refractivity contribution in [2.45, 2.75) is 0 Å². The minimum Gasteiger partial charge on any atom is -0.397 e. The zero-order valence-electron chi connectivity index (χ0n) is 9.72. The van der Waals surface area contributed by atoms with E-state index in [2.05, 4.69) is 27.8 Å². The van der Waals surface area contributed by atoms with Gasteiger partial charge in [0.05, 0.1) is 11.2 Å². The molecule has 2 rings (SSSR count). The van der Waals surface area contributed by atoms with E-state index in [9.17, 15) is 0 Å². The minimum absolute atomic E-state index is 0.824. The predicted octanol–water partition coefficient (Wildman–Crippen LogP) is 2.26. The lowest BCUT2D eigenvalue weighted by Gasteiger charge is -2.04. The molecule has 0 spiro atoms. The van der Waals surface area contributed by atoms with E-state index in [1.54, 1.807) is 0 Å². The van der Waals surface area contributed by atoms with E-state index in [0.717, 1.165) is 23.1 Å². The molecule has 0 amide bonds. The van der Waals surface area contributed by atoms with Crippen LogP contribution in [-0.4, -0.2) is 30.1 Å². The molecule has 0 atom stereocenters. The topological polar surface area (TPSA) is 34.2 Å². The molecule has 0 fully saturated rings. The van der Waals surface area contributed by atoms with Gasteiger partial charge < -0.3 is 15.2 Å². The summed E-state index contributed by atoms with van der Waals surface area (Å²) in [6.45, 7) is 0.923. The largest absolute Gasteiger partial charge is 0.397 e. The van der Waals surface area contributed by atoms with Crippen molar-refractivity contribution in [1.82, 2.24) is 9.47 Å². The number of aromatic nitrogens is 1. The summed E-state index contributed by atoms with van der Waals surface area (Å²) in [7, 11) is 4.10. The third-order valence-electron chi connectivity index (χ3n) is 2.51. The first kappa shape index (κ1) is 10.8. The summed E-state index contributed by atoms with van der Waals surface area (Å²) in [5, 5.41) is 1.11. The van der Waals surface area contributed by atoms with Crippen LogP contribution in [-0.2, 0) is 0 Å². The van der Waals surface area contributed by atoms with Crippen molar-refractivity contribution in [3.63, 3.8) is 0 Å². The zero-order valence-corrected chi connectivity index (χ0v) is 9.72. The molecule has 0 aliphatic carbocycles. The van der Waals surface area contributed by atoms with Crippen LogP contribution in [0.4, 0.5) is 5.69 Å². The number of hydrogen-bond donors (Lipinski definition) is 1. The van der Waals surface area contributed by atoms with Gasteiger partial charge in [-0.15, -0.1) is 0 Å². The molecule has 3 nitrogen and oxygen atoms in total. The molecule has 1 aromatic heterocycles. The van der Waals surface area contributed by atoms with Crippen LogP contribution in [0.25, 0.3) is 17.1 Å². The maximum absolute atomic E-state index is 5.94. The van der Waals surface area contributed by atoms with Crippen molar-refractivity contribution in [3.05, 3.63) is 36.5 Å². The lowest BCUT2D eigenvalue weighted by atomic mass is 10.2. The smallest absolute Gasteiger partial charge is 0.0577 e. The number of likely N-dealkylation sites (N-methyl/N-ethyl adjacent to an activating group) is 1. The van der Waals surface area contributed by atoms with Crippen molar-refractivity contribution >= 4 is 22.8 Å². The summed E-state index contributed by atoms with van der Waals surface area (Å²) < 4.78 is 2.06. The molecular weight excluding hydrogens is 198 g/mol. The lowest BCUT2D eigenvalue weighted by molar-refractivity contribution is 0.457. The van der Waals surface area contributed by atoms with Crippen LogP contribution >= 0.6 is 0 Å². The van der Waals surface area contributed by atoms with Gasteiger partial charge in [0.25, 0.3) is 0 Å². The zero-order chi connectivity index (χ0) is 11.5. The van der Waals surface area contributed by atoms with Crippen LogP contribution in [0.3, 0.4) is 0 Å². The molecule has 1 heterocycles.